The van der Waals surface area contributed by atoms with Crippen LogP contribution in [0.4, 0.5) is 5.69 Å². The number of methoxy groups -OCH3 is 1. The molecule has 2 aromatic rings. The number of carbonyl (C=O) groups is 2. The van der Waals surface area contributed by atoms with Gasteiger partial charge in [0, 0.05) is 22.3 Å². The van der Waals surface area contributed by atoms with E-state index in [0.29, 0.717) is 13.1 Å². The Morgan fingerprint density at radius 2 is 1.76 bits per heavy atom. The molecule has 0 bridgehead atoms. The monoisotopic (exact) mass is 452 g/mol. The van der Waals surface area contributed by atoms with E-state index in [4.69, 9.17) is 4.74 Å². The average molecular weight is 452 g/mol. The normalized spacial score (nSPS) is 10.5. The van der Waals surface area contributed by atoms with Crippen LogP contribution in [-0.2, 0) is 20.9 Å². The second-order valence-corrected chi connectivity index (χ2v) is 6.82. The Hall–Kier alpha value is -1.93. The summed E-state index contributed by atoms with van der Waals surface area (Å²) in [5.41, 5.74) is 1.85. The Balaban J connectivity index is 1.96. The van der Waals surface area contributed by atoms with Gasteiger partial charge < -0.3 is 10.1 Å². The molecule has 0 heterocycles. The van der Waals surface area contributed by atoms with Crippen LogP contribution in [0.25, 0.3) is 0 Å². The van der Waals surface area contributed by atoms with Crippen molar-refractivity contribution in [3.63, 3.8) is 0 Å². The molecule has 0 atom stereocenters. The minimum atomic E-state index is -0.281. The van der Waals surface area contributed by atoms with Crippen LogP contribution in [0, 0.1) is 3.57 Å². The minimum Gasteiger partial charge on any atom is -0.469 e. The zero-order valence-electron chi connectivity index (χ0n) is 14.1. The van der Waals surface area contributed by atoms with Crippen LogP contribution in [0.5, 0.6) is 0 Å². The predicted octanol–water partition coefficient (Wildman–Crippen LogP) is 3.30. The number of ether oxygens (including phenoxy) is 1. The molecule has 0 spiro atoms. The molecule has 0 fully saturated rings. The molecule has 6 heteroatoms. The second-order valence-electron chi connectivity index (χ2n) is 5.58. The van der Waals surface area contributed by atoms with Gasteiger partial charge in [-0.2, -0.15) is 0 Å². The van der Waals surface area contributed by atoms with E-state index in [-0.39, 0.29) is 24.8 Å². The van der Waals surface area contributed by atoms with Gasteiger partial charge in [-0.05, 0) is 52.4 Å². The molecular weight excluding hydrogens is 431 g/mol. The summed E-state index contributed by atoms with van der Waals surface area (Å²) in [5.74, 6) is -0.391. The maximum Gasteiger partial charge on any atom is 0.306 e. The summed E-state index contributed by atoms with van der Waals surface area (Å²) in [4.78, 5) is 25.7. The highest BCUT2D eigenvalue weighted by atomic mass is 127. The lowest BCUT2D eigenvalue weighted by Gasteiger charge is -2.21. The fourth-order valence-electron chi connectivity index (χ4n) is 2.34. The van der Waals surface area contributed by atoms with Crippen molar-refractivity contribution in [3.05, 3.63) is 63.7 Å². The van der Waals surface area contributed by atoms with E-state index in [1.54, 1.807) is 0 Å². The third-order valence-electron chi connectivity index (χ3n) is 3.60. The van der Waals surface area contributed by atoms with Gasteiger partial charge in [0.2, 0.25) is 5.91 Å². The smallest absolute Gasteiger partial charge is 0.306 e. The van der Waals surface area contributed by atoms with Crippen molar-refractivity contribution in [2.24, 2.45) is 0 Å². The summed E-state index contributed by atoms with van der Waals surface area (Å²) in [6.45, 7) is 1.26. The molecule has 1 N–H and O–H groups in total. The number of hydrogen-bond donors (Lipinski definition) is 1. The van der Waals surface area contributed by atoms with Crippen LogP contribution < -0.4 is 5.32 Å². The van der Waals surface area contributed by atoms with Crippen LogP contribution in [0.3, 0.4) is 0 Å². The Kier molecular flexibility index (Phi) is 7.87. The molecule has 5 nitrogen and oxygen atoms in total. The molecular formula is C19H21IN2O3. The molecule has 1 amide bonds. The Labute approximate surface area is 161 Å². The first-order chi connectivity index (χ1) is 12.1. The van der Waals surface area contributed by atoms with E-state index in [1.165, 1.54) is 7.11 Å². The number of nitrogens with zero attached hydrogens (tertiary/aromatic N) is 1. The first-order valence-corrected chi connectivity index (χ1v) is 9.03. The van der Waals surface area contributed by atoms with Gasteiger partial charge in [-0.25, -0.2) is 0 Å². The van der Waals surface area contributed by atoms with E-state index >= 15 is 0 Å². The first-order valence-electron chi connectivity index (χ1n) is 7.95. The standard InChI is InChI=1S/C19H21IN2O3/c1-25-19(24)11-12-22(13-15-5-3-2-4-6-15)14-18(23)21-17-9-7-16(20)8-10-17/h2-10H,11-14H2,1H3,(H,21,23). The van der Waals surface area contributed by atoms with Crippen molar-refractivity contribution in [2.75, 3.05) is 25.5 Å². The number of nitrogens with one attached hydrogen (secondary N) is 1. The second kappa shape index (κ2) is 10.1. The van der Waals surface area contributed by atoms with Gasteiger partial charge in [0.25, 0.3) is 0 Å². The molecule has 0 aliphatic rings. The van der Waals surface area contributed by atoms with Crippen molar-refractivity contribution >= 4 is 40.2 Å². The lowest BCUT2D eigenvalue weighted by Crippen LogP contribution is -2.34. The highest BCUT2D eigenvalue weighted by Gasteiger charge is 2.13. The summed E-state index contributed by atoms with van der Waals surface area (Å²) in [7, 11) is 1.37. The first kappa shape index (κ1) is 19.4. The molecule has 0 aromatic heterocycles. The van der Waals surface area contributed by atoms with Gasteiger partial charge in [-0.15, -0.1) is 0 Å². The van der Waals surface area contributed by atoms with E-state index in [2.05, 4.69) is 27.9 Å². The van der Waals surface area contributed by atoms with E-state index in [0.717, 1.165) is 14.8 Å². The van der Waals surface area contributed by atoms with Crippen LogP contribution in [0.1, 0.15) is 12.0 Å². The summed E-state index contributed by atoms with van der Waals surface area (Å²) in [6.07, 6.45) is 0.250. The van der Waals surface area contributed by atoms with Gasteiger partial charge in [0.15, 0.2) is 0 Å². The van der Waals surface area contributed by atoms with E-state index in [1.807, 2.05) is 59.5 Å². The lowest BCUT2D eigenvalue weighted by molar-refractivity contribution is -0.141. The van der Waals surface area contributed by atoms with Gasteiger partial charge in [0.05, 0.1) is 20.1 Å². The van der Waals surface area contributed by atoms with Gasteiger partial charge in [0.1, 0.15) is 0 Å². The fourth-order valence-corrected chi connectivity index (χ4v) is 2.70. The summed E-state index contributed by atoms with van der Waals surface area (Å²) in [6, 6.07) is 17.5. The number of amides is 1. The summed E-state index contributed by atoms with van der Waals surface area (Å²) < 4.78 is 5.81. The number of carbonyl (C=O) groups excluding carboxylic acids is 2. The molecule has 0 unspecified atom stereocenters. The highest BCUT2D eigenvalue weighted by Crippen LogP contribution is 2.12. The van der Waals surface area contributed by atoms with Crippen molar-refractivity contribution in [3.8, 4) is 0 Å². The fraction of sp³-hybridized carbons (Fsp3) is 0.263. The maximum atomic E-state index is 12.3. The number of benzene rings is 2. The van der Waals surface area contributed by atoms with E-state index < -0.39 is 0 Å². The third-order valence-corrected chi connectivity index (χ3v) is 4.32. The molecule has 2 aromatic carbocycles. The summed E-state index contributed by atoms with van der Waals surface area (Å²) in [5, 5.41) is 2.89. The van der Waals surface area contributed by atoms with Crippen LogP contribution >= 0.6 is 22.6 Å². The Morgan fingerprint density at radius 1 is 1.08 bits per heavy atom. The topological polar surface area (TPSA) is 58.6 Å². The Morgan fingerprint density at radius 3 is 2.40 bits per heavy atom. The Bertz CT molecular complexity index is 690. The molecule has 0 aliphatic heterocycles. The summed E-state index contributed by atoms with van der Waals surface area (Å²) >= 11 is 2.22. The minimum absolute atomic E-state index is 0.109. The van der Waals surface area contributed by atoms with Gasteiger partial charge in [-0.3, -0.25) is 14.5 Å². The van der Waals surface area contributed by atoms with E-state index in [9.17, 15) is 9.59 Å². The highest BCUT2D eigenvalue weighted by molar-refractivity contribution is 14.1. The molecule has 2 rings (SSSR count). The zero-order valence-corrected chi connectivity index (χ0v) is 16.2. The van der Waals surface area contributed by atoms with Crippen molar-refractivity contribution in [1.82, 2.24) is 4.90 Å². The maximum absolute atomic E-state index is 12.3. The molecule has 132 valence electrons. The van der Waals surface area contributed by atoms with Gasteiger partial charge in [-0.1, -0.05) is 30.3 Å². The third kappa shape index (κ3) is 7.23. The van der Waals surface area contributed by atoms with Crippen molar-refractivity contribution < 1.29 is 14.3 Å². The quantitative estimate of drug-likeness (QED) is 0.494. The van der Waals surface area contributed by atoms with Crippen LogP contribution in [0.15, 0.2) is 54.6 Å². The lowest BCUT2D eigenvalue weighted by atomic mass is 10.2. The van der Waals surface area contributed by atoms with Crippen molar-refractivity contribution in [2.45, 2.75) is 13.0 Å². The number of halogens is 1. The SMILES string of the molecule is COC(=O)CCN(CC(=O)Nc1ccc(I)cc1)Cc1ccccc1. The average Bonchev–Trinajstić information content (AvgIpc) is 2.62. The molecule has 25 heavy (non-hydrogen) atoms. The molecule has 0 radical (unpaired) electrons. The van der Waals surface area contributed by atoms with Crippen LogP contribution in [0.2, 0.25) is 0 Å². The number of esters is 1. The molecule has 0 saturated carbocycles. The number of hydrogen-bond acceptors (Lipinski definition) is 4. The van der Waals surface area contributed by atoms with Gasteiger partial charge >= 0.3 is 5.97 Å². The zero-order chi connectivity index (χ0) is 18.1. The molecule has 0 aliphatic carbocycles. The largest absolute Gasteiger partial charge is 0.469 e. The number of rotatable bonds is 8. The number of anilines is 1. The molecule has 0 saturated heterocycles. The van der Waals surface area contributed by atoms with Crippen LogP contribution in [-0.4, -0.2) is 37.0 Å². The van der Waals surface area contributed by atoms with Crippen molar-refractivity contribution in [1.29, 1.82) is 0 Å². The predicted molar refractivity (Wildman–Crippen MR) is 106 cm³/mol.